The van der Waals surface area contributed by atoms with Crippen LogP contribution in [-0.4, -0.2) is 18.0 Å². The highest BCUT2D eigenvalue weighted by Gasteiger charge is 2.33. The number of alkyl halides is 3. The fraction of sp³-hybridized carbons (Fsp3) is 0.0909. The van der Waals surface area contributed by atoms with E-state index in [4.69, 9.17) is 5.14 Å². The molecule has 4 N–H and O–H groups in total. The topological polar surface area (TPSA) is 127 Å². The van der Waals surface area contributed by atoms with E-state index in [-0.39, 0.29) is 17.4 Å². The van der Waals surface area contributed by atoms with Gasteiger partial charge >= 0.3 is 11.9 Å². The second-order valence-corrected chi connectivity index (χ2v) is 5.65. The molecule has 0 aliphatic carbocycles. The Kier molecular flexibility index (Phi) is 4.05. The van der Waals surface area contributed by atoms with Crippen molar-refractivity contribution in [3.05, 3.63) is 56.9 Å². The van der Waals surface area contributed by atoms with Crippen molar-refractivity contribution in [1.29, 1.82) is 0 Å². The normalized spacial score (nSPS) is 12.2. The summed E-state index contributed by atoms with van der Waals surface area (Å²) in [6, 6.07) is 5.08. The van der Waals surface area contributed by atoms with Gasteiger partial charge in [0.15, 0.2) is 0 Å². The van der Waals surface area contributed by atoms with Crippen molar-refractivity contribution < 1.29 is 21.6 Å². The number of aromatic amines is 1. The first-order valence-corrected chi connectivity index (χ1v) is 7.36. The monoisotopic (exact) mass is 350 g/mol. The Balaban J connectivity index is 2.58. The Morgan fingerprint density at radius 2 is 1.83 bits per heavy atom. The molecule has 0 aliphatic rings. The number of nitrogens with zero attached hydrogens (tertiary/aromatic N) is 1. The second-order valence-electron chi connectivity index (χ2n) is 4.36. The van der Waals surface area contributed by atoms with Crippen LogP contribution in [0.15, 0.2) is 39.9 Å². The van der Waals surface area contributed by atoms with E-state index in [1.807, 2.05) is 4.72 Å². The van der Waals surface area contributed by atoms with E-state index in [2.05, 4.69) is 0 Å². The third-order valence-corrected chi connectivity index (χ3v) is 3.12. The maximum absolute atomic E-state index is 12.5. The Bertz CT molecular complexity index is 931. The quantitative estimate of drug-likeness (QED) is 0.728. The van der Waals surface area contributed by atoms with Crippen LogP contribution in [0.1, 0.15) is 5.69 Å². The van der Waals surface area contributed by atoms with Gasteiger partial charge in [-0.25, -0.2) is 14.5 Å². The molecule has 23 heavy (non-hydrogen) atoms. The number of benzene rings is 1. The number of anilines is 1. The zero-order chi connectivity index (χ0) is 17.4. The van der Waals surface area contributed by atoms with Gasteiger partial charge in [0, 0.05) is 6.07 Å². The zero-order valence-corrected chi connectivity index (χ0v) is 11.9. The number of aromatic nitrogens is 2. The van der Waals surface area contributed by atoms with E-state index in [0.717, 1.165) is 6.07 Å². The number of hydrogen-bond acceptors (Lipinski definition) is 4. The molecule has 12 heteroatoms. The minimum Gasteiger partial charge on any atom is -0.303 e. The summed E-state index contributed by atoms with van der Waals surface area (Å²) in [7, 11) is -4.09. The molecular weight excluding hydrogens is 341 g/mol. The van der Waals surface area contributed by atoms with E-state index in [9.17, 15) is 31.2 Å². The van der Waals surface area contributed by atoms with Crippen LogP contribution >= 0.6 is 0 Å². The molecule has 0 bridgehead atoms. The van der Waals surface area contributed by atoms with E-state index in [1.165, 1.54) is 18.2 Å². The molecule has 2 rings (SSSR count). The first kappa shape index (κ1) is 16.8. The molecule has 0 radical (unpaired) electrons. The Morgan fingerprint density at radius 3 is 2.35 bits per heavy atom. The average Bonchev–Trinajstić information content (AvgIpc) is 2.35. The van der Waals surface area contributed by atoms with Gasteiger partial charge < -0.3 is 4.98 Å². The smallest absolute Gasteiger partial charge is 0.303 e. The zero-order valence-electron chi connectivity index (χ0n) is 11.1. The number of hydrogen-bond donors (Lipinski definition) is 3. The van der Waals surface area contributed by atoms with Gasteiger partial charge in [-0.1, -0.05) is 6.07 Å². The minimum absolute atomic E-state index is 0.0730. The summed E-state index contributed by atoms with van der Waals surface area (Å²) in [5, 5.41) is 4.78. The molecule has 1 heterocycles. The lowest BCUT2D eigenvalue weighted by atomic mass is 10.3. The molecule has 1 aromatic carbocycles. The third-order valence-electron chi connectivity index (χ3n) is 2.60. The Hall–Kier alpha value is -2.60. The summed E-state index contributed by atoms with van der Waals surface area (Å²) >= 11 is 0. The van der Waals surface area contributed by atoms with Crippen LogP contribution < -0.4 is 21.1 Å². The van der Waals surface area contributed by atoms with Crippen molar-refractivity contribution in [2.45, 2.75) is 6.18 Å². The van der Waals surface area contributed by atoms with Crippen LogP contribution in [-0.2, 0) is 16.4 Å². The van der Waals surface area contributed by atoms with Crippen molar-refractivity contribution in [3.63, 3.8) is 0 Å². The number of nitrogens with two attached hydrogens (primary N) is 1. The minimum atomic E-state index is -4.88. The van der Waals surface area contributed by atoms with Crippen molar-refractivity contribution in [3.8, 4) is 5.69 Å². The SMILES string of the molecule is NS(=O)(=O)Nc1cccc(-n2c(=O)cc(C(F)(F)F)[nH]c2=O)c1. The second kappa shape index (κ2) is 5.55. The van der Waals surface area contributed by atoms with Crippen LogP contribution in [0.3, 0.4) is 0 Å². The van der Waals surface area contributed by atoms with Crippen molar-refractivity contribution in [2.24, 2.45) is 5.14 Å². The standard InChI is InChI=1S/C11H9F3N4O4S/c12-11(13,14)8-5-9(19)18(10(20)16-8)7-3-1-2-6(4-7)17-23(15,21)22/h1-5,17H,(H,16,20)(H2,15,21,22). The molecule has 0 aliphatic heterocycles. The Morgan fingerprint density at radius 1 is 1.17 bits per heavy atom. The molecule has 1 aromatic heterocycles. The maximum Gasteiger partial charge on any atom is 0.431 e. The van der Waals surface area contributed by atoms with Crippen LogP contribution in [0, 0.1) is 0 Å². The summed E-state index contributed by atoms with van der Waals surface area (Å²) < 4.78 is 61.8. The average molecular weight is 350 g/mol. The van der Waals surface area contributed by atoms with Crippen LogP contribution in [0.25, 0.3) is 5.69 Å². The molecule has 0 atom stereocenters. The lowest BCUT2D eigenvalue weighted by Crippen LogP contribution is -2.35. The molecule has 0 saturated carbocycles. The van der Waals surface area contributed by atoms with Gasteiger partial charge in [-0.05, 0) is 18.2 Å². The number of H-pyrrole nitrogens is 1. The van der Waals surface area contributed by atoms with Gasteiger partial charge in [0.2, 0.25) is 0 Å². The van der Waals surface area contributed by atoms with Gasteiger partial charge in [0.25, 0.3) is 15.8 Å². The van der Waals surface area contributed by atoms with Gasteiger partial charge in [0.05, 0.1) is 11.4 Å². The molecule has 2 aromatic rings. The van der Waals surface area contributed by atoms with Crippen LogP contribution in [0.5, 0.6) is 0 Å². The van der Waals surface area contributed by atoms with E-state index < -0.39 is 33.3 Å². The number of rotatable bonds is 3. The van der Waals surface area contributed by atoms with Crippen LogP contribution in [0.4, 0.5) is 18.9 Å². The predicted molar refractivity (Wildman–Crippen MR) is 74.4 cm³/mol. The summed E-state index contributed by atoms with van der Waals surface area (Å²) in [4.78, 5) is 25.1. The van der Waals surface area contributed by atoms with Crippen molar-refractivity contribution in [1.82, 2.24) is 9.55 Å². The molecule has 0 fully saturated rings. The lowest BCUT2D eigenvalue weighted by Gasteiger charge is -2.10. The largest absolute Gasteiger partial charge is 0.431 e. The summed E-state index contributed by atoms with van der Waals surface area (Å²) in [6.07, 6.45) is -4.88. The maximum atomic E-state index is 12.5. The molecular formula is C11H9F3N4O4S. The summed E-state index contributed by atoms with van der Waals surface area (Å²) in [5.41, 5.74) is -4.25. The Labute approximate surface area is 126 Å². The van der Waals surface area contributed by atoms with Crippen molar-refractivity contribution >= 4 is 15.9 Å². The van der Waals surface area contributed by atoms with E-state index in [1.54, 1.807) is 4.98 Å². The third kappa shape index (κ3) is 3.98. The first-order chi connectivity index (χ1) is 10.5. The van der Waals surface area contributed by atoms with Gasteiger partial charge in [0.1, 0.15) is 5.69 Å². The molecule has 0 amide bonds. The summed E-state index contributed by atoms with van der Waals surface area (Å²) in [6.45, 7) is 0. The lowest BCUT2D eigenvalue weighted by molar-refractivity contribution is -0.141. The van der Waals surface area contributed by atoms with E-state index >= 15 is 0 Å². The summed E-state index contributed by atoms with van der Waals surface area (Å²) in [5.74, 6) is 0. The highest BCUT2D eigenvalue weighted by molar-refractivity contribution is 7.90. The van der Waals surface area contributed by atoms with Crippen molar-refractivity contribution in [2.75, 3.05) is 4.72 Å². The predicted octanol–water partition coefficient (Wildman–Crippen LogP) is 0.160. The number of nitrogens with one attached hydrogen (secondary N) is 2. The highest BCUT2D eigenvalue weighted by Crippen LogP contribution is 2.25. The van der Waals surface area contributed by atoms with E-state index in [0.29, 0.717) is 4.57 Å². The fourth-order valence-corrected chi connectivity index (χ4v) is 2.22. The van der Waals surface area contributed by atoms with Gasteiger partial charge in [-0.15, -0.1) is 0 Å². The fourth-order valence-electron chi connectivity index (χ4n) is 1.77. The van der Waals surface area contributed by atoms with Gasteiger partial charge in [-0.3, -0.25) is 9.52 Å². The molecule has 0 spiro atoms. The molecule has 0 saturated heterocycles. The molecule has 8 nitrogen and oxygen atoms in total. The number of halogens is 3. The van der Waals surface area contributed by atoms with Crippen LogP contribution in [0.2, 0.25) is 0 Å². The van der Waals surface area contributed by atoms with Gasteiger partial charge in [-0.2, -0.15) is 21.6 Å². The molecule has 0 unspecified atom stereocenters. The highest BCUT2D eigenvalue weighted by atomic mass is 32.2. The molecule has 124 valence electrons. The first-order valence-electron chi connectivity index (χ1n) is 5.82.